The summed E-state index contributed by atoms with van der Waals surface area (Å²) in [5.74, 6) is -1.02. The molecule has 0 aliphatic heterocycles. The van der Waals surface area contributed by atoms with Gasteiger partial charge in [-0.1, -0.05) is 0 Å². The van der Waals surface area contributed by atoms with Crippen molar-refractivity contribution < 1.29 is 19.4 Å². The SMILES string of the molecule is COc1ccc(C(=O)N[C@H](CN)C(=O)O)cc1. The second-order valence-corrected chi connectivity index (χ2v) is 3.33. The van der Waals surface area contributed by atoms with E-state index in [2.05, 4.69) is 5.32 Å². The Kier molecular flexibility index (Phi) is 4.47. The van der Waals surface area contributed by atoms with Crippen LogP contribution < -0.4 is 15.8 Å². The van der Waals surface area contributed by atoms with Gasteiger partial charge >= 0.3 is 5.97 Å². The van der Waals surface area contributed by atoms with E-state index in [1.54, 1.807) is 24.3 Å². The number of hydrogen-bond donors (Lipinski definition) is 3. The van der Waals surface area contributed by atoms with Gasteiger partial charge < -0.3 is 20.9 Å². The van der Waals surface area contributed by atoms with E-state index in [1.165, 1.54) is 7.11 Å². The van der Waals surface area contributed by atoms with Gasteiger partial charge in [0.25, 0.3) is 5.91 Å². The number of aliphatic carboxylic acids is 1. The Hall–Kier alpha value is -2.08. The molecule has 0 spiro atoms. The highest BCUT2D eigenvalue weighted by Gasteiger charge is 2.18. The van der Waals surface area contributed by atoms with Gasteiger partial charge in [-0.25, -0.2) is 4.79 Å². The molecule has 92 valence electrons. The average molecular weight is 238 g/mol. The highest BCUT2D eigenvalue weighted by atomic mass is 16.5. The zero-order valence-electron chi connectivity index (χ0n) is 9.34. The lowest BCUT2D eigenvalue weighted by Crippen LogP contribution is -2.45. The summed E-state index contributed by atoms with van der Waals surface area (Å²) < 4.78 is 4.94. The number of carbonyl (C=O) groups is 2. The minimum Gasteiger partial charge on any atom is -0.497 e. The third-order valence-corrected chi connectivity index (χ3v) is 2.19. The maximum atomic E-state index is 11.6. The Morgan fingerprint density at radius 1 is 1.41 bits per heavy atom. The number of ether oxygens (including phenoxy) is 1. The van der Waals surface area contributed by atoms with Gasteiger partial charge in [0.1, 0.15) is 11.8 Å². The molecular formula is C11H14N2O4. The summed E-state index contributed by atoms with van der Waals surface area (Å²) in [6, 6.07) is 5.25. The molecule has 0 heterocycles. The molecule has 0 radical (unpaired) electrons. The van der Waals surface area contributed by atoms with Crippen LogP contribution >= 0.6 is 0 Å². The molecule has 0 saturated heterocycles. The summed E-state index contributed by atoms with van der Waals surface area (Å²) in [7, 11) is 1.52. The van der Waals surface area contributed by atoms with Crippen molar-refractivity contribution in [3.05, 3.63) is 29.8 Å². The standard InChI is InChI=1S/C11H14N2O4/c1-17-8-4-2-7(3-5-8)10(14)13-9(6-12)11(15)16/h2-5,9H,6,12H2,1H3,(H,13,14)(H,15,16)/t9-/m1/s1. The summed E-state index contributed by atoms with van der Waals surface area (Å²) in [5.41, 5.74) is 5.58. The Morgan fingerprint density at radius 3 is 2.41 bits per heavy atom. The summed E-state index contributed by atoms with van der Waals surface area (Å²) in [5, 5.41) is 11.1. The zero-order valence-corrected chi connectivity index (χ0v) is 9.34. The van der Waals surface area contributed by atoms with Gasteiger partial charge in [0.2, 0.25) is 0 Å². The number of methoxy groups -OCH3 is 1. The van der Waals surface area contributed by atoms with E-state index in [9.17, 15) is 9.59 Å². The number of nitrogens with one attached hydrogen (secondary N) is 1. The van der Waals surface area contributed by atoms with Crippen molar-refractivity contribution in [2.75, 3.05) is 13.7 Å². The fourth-order valence-electron chi connectivity index (χ4n) is 1.21. The number of hydrogen-bond acceptors (Lipinski definition) is 4. The molecule has 6 heteroatoms. The van der Waals surface area contributed by atoms with E-state index in [-0.39, 0.29) is 6.54 Å². The van der Waals surface area contributed by atoms with Crippen LogP contribution in [0.3, 0.4) is 0 Å². The molecule has 4 N–H and O–H groups in total. The molecule has 1 atom stereocenters. The Labute approximate surface area is 98.4 Å². The normalized spacial score (nSPS) is 11.6. The number of rotatable bonds is 5. The molecule has 0 saturated carbocycles. The first kappa shape index (κ1) is 13.0. The third kappa shape index (κ3) is 3.46. The third-order valence-electron chi connectivity index (χ3n) is 2.19. The first-order chi connectivity index (χ1) is 8.08. The molecule has 1 aromatic carbocycles. The monoisotopic (exact) mass is 238 g/mol. The van der Waals surface area contributed by atoms with E-state index < -0.39 is 17.9 Å². The lowest BCUT2D eigenvalue weighted by Gasteiger charge is -2.12. The summed E-state index contributed by atoms with van der Waals surface area (Å²) >= 11 is 0. The minimum atomic E-state index is -1.16. The highest BCUT2D eigenvalue weighted by molar-refractivity contribution is 5.96. The van der Waals surface area contributed by atoms with Gasteiger partial charge in [0.05, 0.1) is 7.11 Å². The molecule has 0 aliphatic carbocycles. The van der Waals surface area contributed by atoms with E-state index in [4.69, 9.17) is 15.6 Å². The van der Waals surface area contributed by atoms with E-state index >= 15 is 0 Å². The van der Waals surface area contributed by atoms with Crippen LogP contribution in [0.5, 0.6) is 5.75 Å². The van der Waals surface area contributed by atoms with Crippen molar-refractivity contribution in [2.45, 2.75) is 6.04 Å². The molecule has 17 heavy (non-hydrogen) atoms. The van der Waals surface area contributed by atoms with Crippen molar-refractivity contribution in [1.82, 2.24) is 5.32 Å². The second-order valence-electron chi connectivity index (χ2n) is 3.33. The van der Waals surface area contributed by atoms with Crippen molar-refractivity contribution in [3.63, 3.8) is 0 Å². The molecule has 0 unspecified atom stereocenters. The Bertz CT molecular complexity index is 402. The lowest BCUT2D eigenvalue weighted by molar-refractivity contribution is -0.138. The van der Waals surface area contributed by atoms with Gasteiger partial charge in [0.15, 0.2) is 0 Å². The van der Waals surface area contributed by atoms with E-state index in [0.29, 0.717) is 11.3 Å². The quantitative estimate of drug-likeness (QED) is 0.661. The number of benzene rings is 1. The summed E-state index contributed by atoms with van der Waals surface area (Å²) in [6.07, 6.45) is 0. The van der Waals surface area contributed by atoms with Crippen molar-refractivity contribution in [3.8, 4) is 5.75 Å². The average Bonchev–Trinajstić information content (AvgIpc) is 2.35. The number of nitrogens with two attached hydrogens (primary N) is 1. The topological polar surface area (TPSA) is 102 Å². The molecule has 0 aromatic heterocycles. The van der Waals surface area contributed by atoms with Crippen LogP contribution in [0.15, 0.2) is 24.3 Å². The van der Waals surface area contributed by atoms with Crippen LogP contribution in [-0.2, 0) is 4.79 Å². The van der Waals surface area contributed by atoms with E-state index in [0.717, 1.165) is 0 Å². The van der Waals surface area contributed by atoms with Gasteiger partial charge in [0, 0.05) is 12.1 Å². The van der Waals surface area contributed by atoms with Gasteiger partial charge in [-0.2, -0.15) is 0 Å². The second kappa shape index (κ2) is 5.86. The molecule has 0 fully saturated rings. The molecule has 1 rings (SSSR count). The predicted molar refractivity (Wildman–Crippen MR) is 60.9 cm³/mol. The maximum Gasteiger partial charge on any atom is 0.327 e. The molecule has 0 bridgehead atoms. The number of carboxylic acids is 1. The highest BCUT2D eigenvalue weighted by Crippen LogP contribution is 2.11. The van der Waals surface area contributed by atoms with Crippen LogP contribution in [0, 0.1) is 0 Å². The van der Waals surface area contributed by atoms with Crippen LogP contribution in [0.1, 0.15) is 10.4 Å². The van der Waals surface area contributed by atoms with Crippen LogP contribution in [0.4, 0.5) is 0 Å². The molecule has 1 aromatic rings. The molecular weight excluding hydrogens is 224 g/mol. The maximum absolute atomic E-state index is 11.6. The number of carboxylic acid groups (broad SMARTS) is 1. The zero-order chi connectivity index (χ0) is 12.8. The van der Waals surface area contributed by atoms with Crippen LogP contribution in [0.2, 0.25) is 0 Å². The molecule has 6 nitrogen and oxygen atoms in total. The smallest absolute Gasteiger partial charge is 0.327 e. The summed E-state index contributed by atoms with van der Waals surface area (Å²) in [6.45, 7) is -0.156. The molecule has 1 amide bonds. The lowest BCUT2D eigenvalue weighted by atomic mass is 10.2. The van der Waals surface area contributed by atoms with Gasteiger partial charge in [-0.3, -0.25) is 4.79 Å². The van der Waals surface area contributed by atoms with Crippen molar-refractivity contribution >= 4 is 11.9 Å². The first-order valence-corrected chi connectivity index (χ1v) is 4.96. The van der Waals surface area contributed by atoms with E-state index in [1.807, 2.05) is 0 Å². The Morgan fingerprint density at radius 2 is 2.00 bits per heavy atom. The molecule has 0 aliphatic rings. The van der Waals surface area contributed by atoms with Gasteiger partial charge in [-0.05, 0) is 24.3 Å². The number of amides is 1. The van der Waals surface area contributed by atoms with Crippen LogP contribution in [-0.4, -0.2) is 36.7 Å². The number of carbonyl (C=O) groups excluding carboxylic acids is 1. The summed E-state index contributed by atoms with van der Waals surface area (Å²) in [4.78, 5) is 22.3. The fourth-order valence-corrected chi connectivity index (χ4v) is 1.21. The largest absolute Gasteiger partial charge is 0.497 e. The van der Waals surface area contributed by atoms with Crippen molar-refractivity contribution in [2.24, 2.45) is 5.73 Å². The fraction of sp³-hybridized carbons (Fsp3) is 0.273. The van der Waals surface area contributed by atoms with Gasteiger partial charge in [-0.15, -0.1) is 0 Å². The minimum absolute atomic E-state index is 0.156. The van der Waals surface area contributed by atoms with Crippen molar-refractivity contribution in [1.29, 1.82) is 0 Å². The Balaban J connectivity index is 2.72. The first-order valence-electron chi connectivity index (χ1n) is 4.96. The van der Waals surface area contributed by atoms with Crippen LogP contribution in [0.25, 0.3) is 0 Å². The predicted octanol–water partition coefficient (Wildman–Crippen LogP) is -0.163.